The topological polar surface area (TPSA) is 35.4 Å². The fraction of sp³-hybridized carbons (Fsp3) is 0.0714. The van der Waals surface area contributed by atoms with Gasteiger partial charge < -0.3 is 29.9 Å². The molecule has 0 saturated carbocycles. The van der Waals surface area contributed by atoms with E-state index in [2.05, 4.69) is 10.3 Å². The average Bonchev–Trinajstić information content (AvgIpc) is 2.83. The number of hydrogen-bond donors (Lipinski definition) is 1. The first-order valence-corrected chi connectivity index (χ1v) is 4.93. The molecule has 2 radical (unpaired) electrons. The molecule has 3 rings (SSSR count). The van der Waals surface area contributed by atoms with Crippen molar-refractivity contribution < 1.29 is 50.0 Å². The molecule has 0 atom stereocenters. The summed E-state index contributed by atoms with van der Waals surface area (Å²) < 4.78 is 18.5. The van der Waals surface area contributed by atoms with Crippen molar-refractivity contribution in [1.82, 2.24) is 10.3 Å². The van der Waals surface area contributed by atoms with E-state index < -0.39 is 0 Å². The van der Waals surface area contributed by atoms with Crippen LogP contribution in [0.3, 0.4) is 0 Å². The molecule has 1 aliphatic heterocycles. The van der Waals surface area contributed by atoms with Crippen LogP contribution in [0.4, 0.5) is 4.39 Å². The van der Waals surface area contributed by atoms with Crippen LogP contribution in [-0.4, -0.2) is 0 Å². The summed E-state index contributed by atoms with van der Waals surface area (Å²) in [6.45, 7) is 3.40. The van der Waals surface area contributed by atoms with Gasteiger partial charge in [-0.2, -0.15) is 6.20 Å². The van der Waals surface area contributed by atoms with E-state index in [-0.39, 0.29) is 61.5 Å². The van der Waals surface area contributed by atoms with Crippen LogP contribution in [0.2, 0.25) is 0 Å². The Bertz CT molecular complexity index is 596. The molecule has 2 heterocycles. The third-order valence-corrected chi connectivity index (χ3v) is 2.62. The van der Waals surface area contributed by atoms with Crippen LogP contribution in [0, 0.1) is 27.4 Å². The van der Waals surface area contributed by atoms with Gasteiger partial charge in [0.15, 0.2) is 0 Å². The van der Waals surface area contributed by atoms with Crippen molar-refractivity contribution in [3.05, 3.63) is 63.1 Å². The molecular weight excluding hydrogens is 604 g/mol. The van der Waals surface area contributed by atoms with Crippen LogP contribution in [-0.2, 0) is 45.6 Å². The van der Waals surface area contributed by atoms with Crippen LogP contribution < -0.4 is 10.3 Å². The zero-order valence-electron chi connectivity index (χ0n) is 11.4. The number of benzene rings is 1. The van der Waals surface area contributed by atoms with Crippen LogP contribution in [0.5, 0.6) is 0 Å². The Morgan fingerprint density at radius 3 is 2.55 bits per heavy atom. The van der Waals surface area contributed by atoms with Gasteiger partial charge in [-0.3, -0.25) is 0 Å². The molecule has 0 saturated heterocycles. The molecule has 1 aromatic carbocycles. The standard InChI is InChI=1S/C12H9FN2O.2CH3.2Re/c1-7-12(16-6-15-7)10-5-14-11-3-2-8(13)4-9(10)11;;;;/h2-6,15H,1H3;2*1H3;;/q-2;2*-1;;. The van der Waals surface area contributed by atoms with Gasteiger partial charge in [0.2, 0.25) is 0 Å². The Balaban J connectivity index is 0. The van der Waals surface area contributed by atoms with E-state index >= 15 is 0 Å². The molecule has 2 aromatic rings. The third kappa shape index (κ3) is 3.71. The summed E-state index contributed by atoms with van der Waals surface area (Å²) in [4.78, 5) is 4.22. The summed E-state index contributed by atoms with van der Waals surface area (Å²) in [7, 11) is 0. The number of fused-ring (bicyclic) bond motifs is 1. The fourth-order valence-electron chi connectivity index (χ4n) is 1.82. The summed E-state index contributed by atoms with van der Waals surface area (Å²) in [5.41, 5.74) is 2.49. The molecule has 20 heavy (non-hydrogen) atoms. The fourth-order valence-corrected chi connectivity index (χ4v) is 1.82. The van der Waals surface area contributed by atoms with E-state index in [4.69, 9.17) is 4.74 Å². The Morgan fingerprint density at radius 1 is 1.25 bits per heavy atom. The normalized spacial score (nSPS) is 12.3. The van der Waals surface area contributed by atoms with Crippen LogP contribution in [0.15, 0.2) is 30.1 Å². The maximum atomic E-state index is 13.2. The number of allylic oxidation sites excluding steroid dienone is 1. The van der Waals surface area contributed by atoms with Gasteiger partial charge in [-0.1, -0.05) is 12.8 Å². The molecule has 0 bridgehead atoms. The SMILES string of the molecule is CC1=C(c2c[n-]c3ccc(F)cc23)O[CH-]N1.[CH3-].[CH3-].[Re].[Re]. The summed E-state index contributed by atoms with van der Waals surface area (Å²) in [5.74, 6) is 0.433. The Kier molecular flexibility index (Phi) is 9.31. The molecule has 6 heteroatoms. The summed E-state index contributed by atoms with van der Waals surface area (Å²) in [6.07, 6.45) is 1.70. The van der Waals surface area contributed by atoms with E-state index in [1.54, 1.807) is 12.3 Å². The number of halogens is 1. The summed E-state index contributed by atoms with van der Waals surface area (Å²) in [6, 6.07) is 4.54. The monoisotopic (exact) mass is 620 g/mol. The molecule has 1 aromatic heterocycles. The van der Waals surface area contributed by atoms with Gasteiger partial charge >= 0.3 is 0 Å². The second kappa shape index (κ2) is 8.60. The molecule has 1 aliphatic rings. The van der Waals surface area contributed by atoms with E-state index in [0.29, 0.717) is 5.76 Å². The van der Waals surface area contributed by atoms with Crippen LogP contribution >= 0.6 is 0 Å². The number of nitrogens with zero attached hydrogens (tertiary/aromatic N) is 1. The van der Waals surface area contributed by atoms with Crippen LogP contribution in [0.1, 0.15) is 12.5 Å². The maximum Gasteiger partial charge on any atom is 0.123 e. The number of ether oxygens (including phenoxy) is 1. The number of hydrogen-bond acceptors (Lipinski definition) is 2. The molecule has 0 unspecified atom stereocenters. The zero-order chi connectivity index (χ0) is 11.1. The number of nitrogens with one attached hydrogen (secondary N) is 1. The van der Waals surface area contributed by atoms with Crippen molar-refractivity contribution in [2.24, 2.45) is 0 Å². The number of rotatable bonds is 1. The first kappa shape index (κ1) is 21.6. The largest absolute Gasteiger partial charge is 0.663 e. The van der Waals surface area contributed by atoms with Crippen molar-refractivity contribution in [1.29, 1.82) is 0 Å². The zero-order valence-corrected chi connectivity index (χ0v) is 16.8. The Morgan fingerprint density at radius 2 is 1.95 bits per heavy atom. The van der Waals surface area contributed by atoms with E-state index in [9.17, 15) is 4.39 Å². The first-order chi connectivity index (χ1) is 7.75. The van der Waals surface area contributed by atoms with Gasteiger partial charge in [0.05, 0.1) is 0 Å². The van der Waals surface area contributed by atoms with Crippen LogP contribution in [0.25, 0.3) is 16.7 Å². The second-order valence-corrected chi connectivity index (χ2v) is 3.67. The van der Waals surface area contributed by atoms with Crippen molar-refractivity contribution in [2.75, 3.05) is 0 Å². The Labute approximate surface area is 146 Å². The molecule has 0 fully saturated rings. The number of aromatic nitrogens is 1. The molecule has 0 spiro atoms. The minimum atomic E-state index is -0.269. The van der Waals surface area contributed by atoms with E-state index in [1.807, 2.05) is 6.92 Å². The predicted octanol–water partition coefficient (Wildman–Crippen LogP) is 3.26. The summed E-state index contributed by atoms with van der Waals surface area (Å²) >= 11 is 0. The van der Waals surface area contributed by atoms with Crippen molar-refractivity contribution >= 4 is 16.7 Å². The molecule has 3 nitrogen and oxygen atoms in total. The quantitative estimate of drug-likeness (QED) is 0.499. The third-order valence-electron chi connectivity index (χ3n) is 2.62. The van der Waals surface area contributed by atoms with Gasteiger partial charge in [0, 0.05) is 46.5 Å². The molecule has 1 N–H and O–H groups in total. The molecule has 0 aliphatic carbocycles. The molecular formula is C14H15FN2ORe2-4. The van der Waals surface area contributed by atoms with Gasteiger partial charge in [-0.15, -0.1) is 5.52 Å². The van der Waals surface area contributed by atoms with Crippen molar-refractivity contribution in [2.45, 2.75) is 6.92 Å². The Hall–Kier alpha value is -0.645. The minimum absolute atomic E-state index is 0. The van der Waals surface area contributed by atoms with Crippen molar-refractivity contribution in [3.8, 4) is 0 Å². The predicted molar refractivity (Wildman–Crippen MR) is 71.2 cm³/mol. The van der Waals surface area contributed by atoms with Gasteiger partial charge in [-0.25, -0.2) is 4.39 Å². The van der Waals surface area contributed by atoms with E-state index in [1.165, 1.54) is 18.9 Å². The van der Waals surface area contributed by atoms with Gasteiger partial charge in [0.25, 0.3) is 0 Å². The smallest absolute Gasteiger partial charge is 0.123 e. The average molecular weight is 619 g/mol. The molecule has 112 valence electrons. The minimum Gasteiger partial charge on any atom is -0.663 e. The van der Waals surface area contributed by atoms with Gasteiger partial charge in [-0.05, 0) is 30.0 Å². The molecule has 0 amide bonds. The second-order valence-electron chi connectivity index (χ2n) is 3.67. The maximum absolute atomic E-state index is 13.2. The van der Waals surface area contributed by atoms with E-state index in [0.717, 1.165) is 22.2 Å². The van der Waals surface area contributed by atoms with Crippen molar-refractivity contribution in [3.63, 3.8) is 0 Å². The first-order valence-electron chi connectivity index (χ1n) is 4.93. The van der Waals surface area contributed by atoms with Gasteiger partial charge in [0.1, 0.15) is 11.6 Å². The summed E-state index contributed by atoms with van der Waals surface area (Å²) in [5, 5.41) is 3.72.